The highest BCUT2D eigenvalue weighted by Gasteiger charge is 2.22. The number of furan rings is 2. The van der Waals surface area contributed by atoms with Gasteiger partial charge >= 0.3 is 0 Å². The first kappa shape index (κ1) is 9.05. The summed E-state index contributed by atoms with van der Waals surface area (Å²) in [7, 11) is 0. The van der Waals surface area contributed by atoms with Crippen LogP contribution in [0.3, 0.4) is 0 Å². The zero-order valence-corrected chi connectivity index (χ0v) is 7.46. The maximum Gasteiger partial charge on any atom is 0.134 e. The average Bonchev–Trinajstić information content (AvgIpc) is 2.87. The molecule has 2 aromatic rings. The number of aliphatic hydroxyl groups is 1. The van der Waals surface area contributed by atoms with E-state index in [1.165, 1.54) is 12.5 Å². The van der Waals surface area contributed by atoms with E-state index >= 15 is 0 Å². The van der Waals surface area contributed by atoms with Crippen molar-refractivity contribution in [2.75, 3.05) is 0 Å². The highest BCUT2D eigenvalue weighted by atomic mass is 16.4. The summed E-state index contributed by atoms with van der Waals surface area (Å²) in [4.78, 5) is 0. The Morgan fingerprint density at radius 2 is 1.64 bits per heavy atom. The monoisotopic (exact) mass is 193 g/mol. The van der Waals surface area contributed by atoms with Crippen LogP contribution in [0.2, 0.25) is 0 Å². The lowest BCUT2D eigenvalue weighted by Crippen LogP contribution is -2.18. The van der Waals surface area contributed by atoms with Gasteiger partial charge in [0.25, 0.3) is 0 Å². The van der Waals surface area contributed by atoms with Crippen molar-refractivity contribution < 1.29 is 13.9 Å². The van der Waals surface area contributed by atoms with E-state index < -0.39 is 12.1 Å². The number of rotatable bonds is 3. The molecular weight excluding hydrogens is 182 g/mol. The van der Waals surface area contributed by atoms with Gasteiger partial charge in [-0.15, -0.1) is 0 Å². The molecule has 2 atom stereocenters. The standard InChI is InChI=1S/C10H11NO3/c11-9(7-3-1-5-13-7)10(12)8-4-2-6-14-8/h1-6,9-10,12H,11H2/t9-,10+/m0/s1. The van der Waals surface area contributed by atoms with Crippen LogP contribution in [0, 0.1) is 0 Å². The Morgan fingerprint density at radius 3 is 2.14 bits per heavy atom. The Morgan fingerprint density at radius 1 is 1.07 bits per heavy atom. The molecule has 2 heterocycles. The normalized spacial score (nSPS) is 15.3. The molecule has 0 unspecified atom stereocenters. The highest BCUT2D eigenvalue weighted by Crippen LogP contribution is 2.26. The van der Waals surface area contributed by atoms with E-state index in [0.717, 1.165) is 0 Å². The SMILES string of the molecule is N[C@@H](c1ccco1)[C@H](O)c1ccco1. The smallest absolute Gasteiger partial charge is 0.134 e. The fraction of sp³-hybridized carbons (Fsp3) is 0.200. The first-order valence-electron chi connectivity index (χ1n) is 4.29. The molecular formula is C10H11NO3. The summed E-state index contributed by atoms with van der Waals surface area (Å²) >= 11 is 0. The Bertz CT molecular complexity index is 328. The van der Waals surface area contributed by atoms with E-state index in [2.05, 4.69) is 0 Å². The highest BCUT2D eigenvalue weighted by molar-refractivity contribution is 5.12. The number of nitrogens with two attached hydrogens (primary N) is 1. The molecule has 4 heteroatoms. The molecule has 0 aliphatic carbocycles. The van der Waals surface area contributed by atoms with Gasteiger partial charge in [-0.2, -0.15) is 0 Å². The molecule has 2 aromatic heterocycles. The quantitative estimate of drug-likeness (QED) is 0.776. The summed E-state index contributed by atoms with van der Waals surface area (Å²) < 4.78 is 10.1. The predicted molar refractivity (Wildman–Crippen MR) is 49.3 cm³/mol. The maximum atomic E-state index is 9.77. The predicted octanol–water partition coefficient (Wildman–Crippen LogP) is 1.61. The molecule has 0 saturated heterocycles. The first-order valence-corrected chi connectivity index (χ1v) is 4.29. The third kappa shape index (κ3) is 1.57. The number of hydrogen-bond donors (Lipinski definition) is 2. The molecule has 4 nitrogen and oxygen atoms in total. The molecule has 0 aromatic carbocycles. The third-order valence-electron chi connectivity index (χ3n) is 2.05. The van der Waals surface area contributed by atoms with Crippen molar-refractivity contribution in [1.82, 2.24) is 0 Å². The molecule has 74 valence electrons. The van der Waals surface area contributed by atoms with Crippen molar-refractivity contribution in [1.29, 1.82) is 0 Å². The van der Waals surface area contributed by atoms with E-state index in [-0.39, 0.29) is 0 Å². The Hall–Kier alpha value is -1.52. The topological polar surface area (TPSA) is 72.5 Å². The minimum atomic E-state index is -0.879. The molecule has 0 bridgehead atoms. The van der Waals surface area contributed by atoms with Crippen LogP contribution in [0.4, 0.5) is 0 Å². The second kappa shape index (κ2) is 3.69. The molecule has 0 radical (unpaired) electrons. The molecule has 0 aliphatic rings. The second-order valence-electron chi connectivity index (χ2n) is 3.00. The van der Waals surface area contributed by atoms with E-state index in [1.54, 1.807) is 24.3 Å². The van der Waals surface area contributed by atoms with Gasteiger partial charge in [0.15, 0.2) is 0 Å². The van der Waals surface area contributed by atoms with Gasteiger partial charge in [-0.05, 0) is 24.3 Å². The summed E-state index contributed by atoms with van der Waals surface area (Å²) in [5.41, 5.74) is 5.77. The van der Waals surface area contributed by atoms with Crippen molar-refractivity contribution in [3.8, 4) is 0 Å². The largest absolute Gasteiger partial charge is 0.468 e. The van der Waals surface area contributed by atoms with Crippen molar-refractivity contribution in [3.63, 3.8) is 0 Å². The zero-order chi connectivity index (χ0) is 9.97. The van der Waals surface area contributed by atoms with Crippen molar-refractivity contribution >= 4 is 0 Å². The molecule has 0 spiro atoms. The Labute approximate surface area is 80.9 Å². The van der Waals surface area contributed by atoms with Crippen molar-refractivity contribution in [2.24, 2.45) is 5.73 Å². The van der Waals surface area contributed by atoms with E-state index in [9.17, 15) is 5.11 Å². The van der Waals surface area contributed by atoms with Crippen LogP contribution < -0.4 is 5.73 Å². The van der Waals surface area contributed by atoms with Gasteiger partial charge in [0.1, 0.15) is 17.6 Å². The Kier molecular flexibility index (Phi) is 2.39. The van der Waals surface area contributed by atoms with Gasteiger partial charge < -0.3 is 19.7 Å². The second-order valence-corrected chi connectivity index (χ2v) is 3.00. The summed E-state index contributed by atoms with van der Waals surface area (Å²) in [6.45, 7) is 0. The lowest BCUT2D eigenvalue weighted by molar-refractivity contribution is 0.112. The van der Waals surface area contributed by atoms with Crippen LogP contribution in [0.1, 0.15) is 23.7 Å². The molecule has 3 N–H and O–H groups in total. The van der Waals surface area contributed by atoms with Gasteiger partial charge in [0.2, 0.25) is 0 Å². The van der Waals surface area contributed by atoms with E-state index in [4.69, 9.17) is 14.6 Å². The molecule has 0 fully saturated rings. The molecule has 2 rings (SSSR count). The fourth-order valence-electron chi connectivity index (χ4n) is 1.27. The lowest BCUT2D eigenvalue weighted by atomic mass is 10.1. The fourth-order valence-corrected chi connectivity index (χ4v) is 1.27. The van der Waals surface area contributed by atoms with Crippen LogP contribution in [-0.4, -0.2) is 5.11 Å². The average molecular weight is 193 g/mol. The van der Waals surface area contributed by atoms with E-state index in [0.29, 0.717) is 11.5 Å². The molecule has 0 aliphatic heterocycles. The summed E-state index contributed by atoms with van der Waals surface area (Å²) in [5.74, 6) is 0.975. The van der Waals surface area contributed by atoms with Crippen LogP contribution >= 0.6 is 0 Å². The van der Waals surface area contributed by atoms with Crippen LogP contribution in [0.25, 0.3) is 0 Å². The van der Waals surface area contributed by atoms with Crippen LogP contribution in [-0.2, 0) is 0 Å². The van der Waals surface area contributed by atoms with Gasteiger partial charge in [0.05, 0.1) is 18.6 Å². The molecule has 14 heavy (non-hydrogen) atoms. The minimum absolute atomic E-state index is 0.439. The van der Waals surface area contributed by atoms with E-state index in [1.807, 2.05) is 0 Å². The minimum Gasteiger partial charge on any atom is -0.468 e. The van der Waals surface area contributed by atoms with Crippen LogP contribution in [0.15, 0.2) is 45.6 Å². The van der Waals surface area contributed by atoms with Gasteiger partial charge in [-0.1, -0.05) is 0 Å². The summed E-state index contributed by atoms with van der Waals surface area (Å²) in [6.07, 6.45) is 2.13. The van der Waals surface area contributed by atoms with Gasteiger partial charge in [0, 0.05) is 0 Å². The maximum absolute atomic E-state index is 9.77. The lowest BCUT2D eigenvalue weighted by Gasteiger charge is -2.13. The van der Waals surface area contributed by atoms with Crippen molar-refractivity contribution in [3.05, 3.63) is 48.3 Å². The van der Waals surface area contributed by atoms with Gasteiger partial charge in [-0.3, -0.25) is 0 Å². The van der Waals surface area contributed by atoms with Crippen LogP contribution in [0.5, 0.6) is 0 Å². The summed E-state index contributed by atoms with van der Waals surface area (Å²) in [6, 6.07) is 6.22. The van der Waals surface area contributed by atoms with Gasteiger partial charge in [-0.25, -0.2) is 0 Å². The summed E-state index contributed by atoms with van der Waals surface area (Å²) in [5, 5.41) is 9.77. The first-order chi connectivity index (χ1) is 6.79. The zero-order valence-electron chi connectivity index (χ0n) is 7.46. The third-order valence-corrected chi connectivity index (χ3v) is 2.05. The number of aliphatic hydroxyl groups excluding tert-OH is 1. The number of hydrogen-bond acceptors (Lipinski definition) is 4. The van der Waals surface area contributed by atoms with Crippen molar-refractivity contribution in [2.45, 2.75) is 12.1 Å². The Balaban J connectivity index is 2.16. The molecule has 0 amide bonds. The molecule has 0 saturated carbocycles.